The van der Waals surface area contributed by atoms with Crippen LogP contribution in [0.3, 0.4) is 0 Å². The summed E-state index contributed by atoms with van der Waals surface area (Å²) >= 11 is 0. The zero-order valence-electron chi connectivity index (χ0n) is 12.0. The molecule has 1 fully saturated rings. The van der Waals surface area contributed by atoms with Gasteiger partial charge in [-0.3, -0.25) is 4.79 Å². The van der Waals surface area contributed by atoms with Gasteiger partial charge in [-0.15, -0.1) is 12.4 Å². The standard InChI is InChI=1S/C16H21N3O.ClH/c20-16(15-7-3-4-9-17-15)18-10-8-12-11-19-14-6-2-1-5-13(12)14;/h1-2,5-6,11,15,17,19H,3-4,7-10H2,(H,18,20);1H. The molecule has 1 aliphatic rings. The van der Waals surface area contributed by atoms with Crippen molar-refractivity contribution in [3.05, 3.63) is 36.0 Å². The van der Waals surface area contributed by atoms with Gasteiger partial charge in [0.05, 0.1) is 6.04 Å². The van der Waals surface area contributed by atoms with Crippen LogP contribution in [0.25, 0.3) is 10.9 Å². The molecule has 1 saturated heterocycles. The first-order chi connectivity index (χ1) is 9.84. The molecule has 3 rings (SSSR count). The van der Waals surface area contributed by atoms with Crippen LogP contribution in [0.4, 0.5) is 0 Å². The number of fused-ring (bicyclic) bond motifs is 1. The van der Waals surface area contributed by atoms with Crippen molar-refractivity contribution in [1.82, 2.24) is 15.6 Å². The van der Waals surface area contributed by atoms with Gasteiger partial charge in [0.1, 0.15) is 0 Å². The lowest BCUT2D eigenvalue weighted by molar-refractivity contribution is -0.123. The van der Waals surface area contributed by atoms with E-state index >= 15 is 0 Å². The molecule has 1 aliphatic heterocycles. The second kappa shape index (κ2) is 7.48. The predicted octanol–water partition coefficient (Wildman–Crippen LogP) is 2.39. The lowest BCUT2D eigenvalue weighted by Gasteiger charge is -2.22. The van der Waals surface area contributed by atoms with Crippen LogP contribution >= 0.6 is 12.4 Å². The van der Waals surface area contributed by atoms with Gasteiger partial charge in [0.15, 0.2) is 0 Å². The van der Waals surface area contributed by atoms with Gasteiger partial charge in [-0.25, -0.2) is 0 Å². The number of H-pyrrole nitrogens is 1. The molecule has 0 radical (unpaired) electrons. The van der Waals surface area contributed by atoms with Gasteiger partial charge in [-0.1, -0.05) is 24.6 Å². The lowest BCUT2D eigenvalue weighted by atomic mass is 10.0. The fraction of sp³-hybridized carbons (Fsp3) is 0.438. The van der Waals surface area contributed by atoms with E-state index in [0.29, 0.717) is 6.54 Å². The summed E-state index contributed by atoms with van der Waals surface area (Å²) in [6.45, 7) is 1.65. The summed E-state index contributed by atoms with van der Waals surface area (Å²) in [5, 5.41) is 7.56. The average Bonchev–Trinajstić information content (AvgIpc) is 2.92. The van der Waals surface area contributed by atoms with Crippen molar-refractivity contribution in [2.24, 2.45) is 0 Å². The van der Waals surface area contributed by atoms with Gasteiger partial charge in [-0.05, 0) is 37.4 Å². The van der Waals surface area contributed by atoms with Gasteiger partial charge >= 0.3 is 0 Å². The SMILES string of the molecule is Cl.O=C(NCCc1c[nH]c2ccccc12)C1CCCCN1. The molecule has 0 bridgehead atoms. The van der Waals surface area contributed by atoms with Crippen molar-refractivity contribution in [1.29, 1.82) is 0 Å². The zero-order valence-corrected chi connectivity index (χ0v) is 12.8. The van der Waals surface area contributed by atoms with Crippen molar-refractivity contribution in [2.75, 3.05) is 13.1 Å². The highest BCUT2D eigenvalue weighted by molar-refractivity contribution is 5.85. The van der Waals surface area contributed by atoms with Crippen molar-refractivity contribution in [2.45, 2.75) is 31.7 Å². The Balaban J connectivity index is 0.00000161. The number of aromatic nitrogens is 1. The van der Waals surface area contributed by atoms with Crippen LogP contribution in [-0.4, -0.2) is 30.0 Å². The number of rotatable bonds is 4. The third kappa shape index (κ3) is 3.77. The predicted molar refractivity (Wildman–Crippen MR) is 87.9 cm³/mol. The van der Waals surface area contributed by atoms with E-state index in [1.807, 2.05) is 18.3 Å². The number of hydrogen-bond acceptors (Lipinski definition) is 2. The summed E-state index contributed by atoms with van der Waals surface area (Å²) in [6.07, 6.45) is 6.18. The summed E-state index contributed by atoms with van der Waals surface area (Å²) in [6, 6.07) is 8.27. The summed E-state index contributed by atoms with van der Waals surface area (Å²) in [5.41, 5.74) is 2.42. The Bertz CT molecular complexity index is 590. The molecular weight excluding hydrogens is 286 g/mol. The minimum absolute atomic E-state index is 0. The molecule has 1 unspecified atom stereocenters. The Morgan fingerprint density at radius 1 is 1.29 bits per heavy atom. The van der Waals surface area contributed by atoms with Crippen LogP contribution < -0.4 is 10.6 Å². The Labute approximate surface area is 131 Å². The molecule has 114 valence electrons. The van der Waals surface area contributed by atoms with Crippen LogP contribution in [0.1, 0.15) is 24.8 Å². The first kappa shape index (κ1) is 15.9. The number of carbonyl (C=O) groups excluding carboxylic acids is 1. The van der Waals surface area contributed by atoms with Crippen LogP contribution in [-0.2, 0) is 11.2 Å². The molecule has 1 atom stereocenters. The number of nitrogens with one attached hydrogen (secondary N) is 3. The maximum atomic E-state index is 12.0. The Kier molecular flexibility index (Phi) is 5.65. The van der Waals surface area contributed by atoms with E-state index in [0.717, 1.165) is 31.3 Å². The van der Waals surface area contributed by atoms with E-state index in [9.17, 15) is 4.79 Å². The van der Waals surface area contributed by atoms with Crippen LogP contribution in [0, 0.1) is 0 Å². The molecule has 1 aromatic heterocycles. The fourth-order valence-electron chi connectivity index (χ4n) is 2.86. The molecule has 2 aromatic rings. The molecule has 2 heterocycles. The van der Waals surface area contributed by atoms with Crippen molar-refractivity contribution in [3.63, 3.8) is 0 Å². The molecule has 4 nitrogen and oxygen atoms in total. The van der Waals surface area contributed by atoms with Crippen molar-refractivity contribution < 1.29 is 4.79 Å². The second-order valence-electron chi connectivity index (χ2n) is 5.40. The highest BCUT2D eigenvalue weighted by atomic mass is 35.5. The van der Waals surface area contributed by atoms with Crippen LogP contribution in [0.2, 0.25) is 0 Å². The molecule has 1 aromatic carbocycles. The van der Waals surface area contributed by atoms with Gasteiger partial charge < -0.3 is 15.6 Å². The second-order valence-corrected chi connectivity index (χ2v) is 5.40. The number of aromatic amines is 1. The molecule has 0 aliphatic carbocycles. The van der Waals surface area contributed by atoms with E-state index in [-0.39, 0.29) is 24.4 Å². The van der Waals surface area contributed by atoms with E-state index < -0.39 is 0 Å². The van der Waals surface area contributed by atoms with Gasteiger partial charge in [-0.2, -0.15) is 0 Å². The first-order valence-corrected chi connectivity index (χ1v) is 7.41. The quantitative estimate of drug-likeness (QED) is 0.812. The molecule has 21 heavy (non-hydrogen) atoms. The number of halogens is 1. The average molecular weight is 308 g/mol. The monoisotopic (exact) mass is 307 g/mol. The smallest absolute Gasteiger partial charge is 0.237 e. The number of benzene rings is 1. The number of para-hydroxylation sites is 1. The first-order valence-electron chi connectivity index (χ1n) is 7.41. The van der Waals surface area contributed by atoms with Gasteiger partial charge in [0, 0.05) is 23.6 Å². The lowest BCUT2D eigenvalue weighted by Crippen LogP contribution is -2.47. The van der Waals surface area contributed by atoms with Gasteiger partial charge in [0.2, 0.25) is 5.91 Å². The third-order valence-corrected chi connectivity index (χ3v) is 4.00. The van der Waals surface area contributed by atoms with E-state index in [4.69, 9.17) is 0 Å². The fourth-order valence-corrected chi connectivity index (χ4v) is 2.86. The summed E-state index contributed by atoms with van der Waals surface area (Å²) in [4.78, 5) is 15.3. The van der Waals surface area contributed by atoms with E-state index in [2.05, 4.69) is 27.8 Å². The van der Waals surface area contributed by atoms with Crippen molar-refractivity contribution in [3.8, 4) is 0 Å². The maximum absolute atomic E-state index is 12.0. The molecule has 0 spiro atoms. The number of carbonyl (C=O) groups is 1. The number of piperidine rings is 1. The van der Waals surface area contributed by atoms with E-state index in [1.54, 1.807) is 0 Å². The highest BCUT2D eigenvalue weighted by Crippen LogP contribution is 2.17. The maximum Gasteiger partial charge on any atom is 0.237 e. The highest BCUT2D eigenvalue weighted by Gasteiger charge is 2.19. The molecule has 1 amide bonds. The summed E-state index contributed by atoms with van der Waals surface area (Å²) in [7, 11) is 0. The molecule has 3 N–H and O–H groups in total. The van der Waals surface area contributed by atoms with Gasteiger partial charge in [0.25, 0.3) is 0 Å². The largest absolute Gasteiger partial charge is 0.361 e. The zero-order chi connectivity index (χ0) is 13.8. The minimum Gasteiger partial charge on any atom is -0.361 e. The van der Waals surface area contributed by atoms with Crippen LogP contribution in [0.15, 0.2) is 30.5 Å². The Morgan fingerprint density at radius 2 is 2.14 bits per heavy atom. The number of hydrogen-bond donors (Lipinski definition) is 3. The minimum atomic E-state index is 0. The molecular formula is C16H22ClN3O. The molecule has 5 heteroatoms. The third-order valence-electron chi connectivity index (χ3n) is 4.00. The Hall–Kier alpha value is -1.52. The van der Waals surface area contributed by atoms with E-state index in [1.165, 1.54) is 17.4 Å². The summed E-state index contributed by atoms with van der Waals surface area (Å²) < 4.78 is 0. The summed E-state index contributed by atoms with van der Waals surface area (Å²) in [5.74, 6) is 0.143. The normalized spacial score (nSPS) is 18.2. The molecule has 0 saturated carbocycles. The Morgan fingerprint density at radius 3 is 2.95 bits per heavy atom. The topological polar surface area (TPSA) is 56.9 Å². The van der Waals surface area contributed by atoms with Crippen molar-refractivity contribution >= 4 is 29.2 Å². The number of amides is 1. The van der Waals surface area contributed by atoms with Crippen LogP contribution in [0.5, 0.6) is 0 Å².